The van der Waals surface area contributed by atoms with Crippen molar-refractivity contribution in [3.63, 3.8) is 0 Å². The van der Waals surface area contributed by atoms with Crippen molar-refractivity contribution in [2.75, 3.05) is 39.3 Å². The Morgan fingerprint density at radius 2 is 1.72 bits per heavy atom. The minimum atomic E-state index is -3.44. The van der Waals surface area contributed by atoms with Crippen LogP contribution in [0.5, 0.6) is 0 Å². The third-order valence-corrected chi connectivity index (χ3v) is 7.52. The molecule has 3 rings (SSSR count). The number of carbonyl (C=O) groups excluding carboxylic acids is 1. The summed E-state index contributed by atoms with van der Waals surface area (Å²) in [5.41, 5.74) is 0.864. The Morgan fingerprint density at radius 3 is 2.34 bits per heavy atom. The van der Waals surface area contributed by atoms with E-state index in [4.69, 9.17) is 0 Å². The van der Waals surface area contributed by atoms with Crippen LogP contribution in [0, 0.1) is 0 Å². The second kappa shape index (κ2) is 10.4. The number of hydrogen-bond acceptors (Lipinski definition) is 4. The van der Waals surface area contributed by atoms with Crippen LogP contribution < -0.4 is 0 Å². The van der Waals surface area contributed by atoms with Crippen molar-refractivity contribution in [1.82, 2.24) is 14.1 Å². The van der Waals surface area contributed by atoms with Gasteiger partial charge in [-0.2, -0.15) is 4.31 Å². The summed E-state index contributed by atoms with van der Waals surface area (Å²) in [7, 11) is -3.44. The standard InChI is InChI=1S/C22H33N3O3S/c1-2-25(21-11-7-4-8-12-21)22(26)19-23-14-16-24(17-15-23)29(27,28)18-13-20-9-5-3-6-10-20/h3,5-6,9-10,13,18,21H,2,4,7-8,11-12,14-17,19H2,1H3/b18-13-. The fraction of sp³-hybridized carbons (Fsp3) is 0.591. The second-order valence-electron chi connectivity index (χ2n) is 7.91. The highest BCUT2D eigenvalue weighted by Crippen LogP contribution is 2.23. The quantitative estimate of drug-likeness (QED) is 0.682. The highest BCUT2D eigenvalue weighted by molar-refractivity contribution is 7.92. The lowest BCUT2D eigenvalue weighted by atomic mass is 9.94. The summed E-state index contributed by atoms with van der Waals surface area (Å²) < 4.78 is 26.7. The number of carbonyl (C=O) groups is 1. The van der Waals surface area contributed by atoms with Crippen molar-refractivity contribution in [2.24, 2.45) is 0 Å². The Morgan fingerprint density at radius 1 is 1.07 bits per heavy atom. The van der Waals surface area contributed by atoms with Gasteiger partial charge in [0.25, 0.3) is 0 Å². The molecule has 0 aromatic heterocycles. The third kappa shape index (κ3) is 6.14. The van der Waals surface area contributed by atoms with Crippen LogP contribution in [0.15, 0.2) is 35.7 Å². The molecule has 160 valence electrons. The minimum Gasteiger partial charge on any atom is -0.339 e. The largest absolute Gasteiger partial charge is 0.339 e. The van der Waals surface area contributed by atoms with Crippen molar-refractivity contribution in [2.45, 2.75) is 45.1 Å². The topological polar surface area (TPSA) is 60.9 Å². The molecule has 0 unspecified atom stereocenters. The van der Waals surface area contributed by atoms with Gasteiger partial charge in [0.15, 0.2) is 0 Å². The van der Waals surface area contributed by atoms with E-state index in [1.807, 2.05) is 35.2 Å². The first kappa shape index (κ1) is 22.0. The summed E-state index contributed by atoms with van der Waals surface area (Å²) in [6, 6.07) is 9.80. The van der Waals surface area contributed by atoms with Crippen LogP contribution in [-0.4, -0.2) is 73.7 Å². The van der Waals surface area contributed by atoms with Crippen molar-refractivity contribution in [3.05, 3.63) is 41.3 Å². The van der Waals surface area contributed by atoms with Crippen molar-refractivity contribution < 1.29 is 13.2 Å². The van der Waals surface area contributed by atoms with Gasteiger partial charge in [0.05, 0.1) is 6.54 Å². The van der Waals surface area contributed by atoms with Gasteiger partial charge in [0, 0.05) is 44.2 Å². The van der Waals surface area contributed by atoms with E-state index in [1.165, 1.54) is 29.0 Å². The first-order valence-electron chi connectivity index (χ1n) is 10.7. The number of sulfonamides is 1. The van der Waals surface area contributed by atoms with Crippen LogP contribution in [0.2, 0.25) is 0 Å². The van der Waals surface area contributed by atoms with Crippen LogP contribution in [0.4, 0.5) is 0 Å². The van der Waals surface area contributed by atoms with E-state index >= 15 is 0 Å². The number of piperazine rings is 1. The van der Waals surface area contributed by atoms with Gasteiger partial charge in [0.2, 0.25) is 15.9 Å². The van der Waals surface area contributed by atoms with Crippen molar-refractivity contribution in [1.29, 1.82) is 0 Å². The minimum absolute atomic E-state index is 0.180. The SMILES string of the molecule is CCN(C(=O)CN1CCN(S(=O)(=O)/C=C\c2ccccc2)CC1)C1CCCCC1. The Balaban J connectivity index is 1.50. The summed E-state index contributed by atoms with van der Waals surface area (Å²) in [6.45, 7) is 5.21. The van der Waals surface area contributed by atoms with Gasteiger partial charge in [0.1, 0.15) is 0 Å². The zero-order valence-corrected chi connectivity index (χ0v) is 18.2. The molecule has 1 aromatic rings. The Bertz CT molecular complexity index is 781. The summed E-state index contributed by atoms with van der Waals surface area (Å²) in [6.07, 6.45) is 7.55. The molecule has 0 N–H and O–H groups in total. The Labute approximate surface area is 175 Å². The maximum atomic E-state index is 12.8. The van der Waals surface area contributed by atoms with Gasteiger partial charge in [-0.15, -0.1) is 0 Å². The fourth-order valence-corrected chi connectivity index (χ4v) is 5.44. The summed E-state index contributed by atoms with van der Waals surface area (Å²) >= 11 is 0. The van der Waals surface area contributed by atoms with Gasteiger partial charge in [-0.3, -0.25) is 9.69 Å². The molecule has 0 spiro atoms. The highest BCUT2D eigenvalue weighted by Gasteiger charge is 2.29. The van der Waals surface area contributed by atoms with Crippen LogP contribution in [-0.2, 0) is 14.8 Å². The molecular weight excluding hydrogens is 386 g/mol. The lowest BCUT2D eigenvalue weighted by Gasteiger charge is -2.37. The summed E-state index contributed by atoms with van der Waals surface area (Å²) in [4.78, 5) is 16.9. The number of hydrogen-bond donors (Lipinski definition) is 0. The highest BCUT2D eigenvalue weighted by atomic mass is 32.2. The molecule has 2 aliphatic rings. The summed E-state index contributed by atoms with van der Waals surface area (Å²) in [5, 5.41) is 1.28. The van der Waals surface area contributed by atoms with E-state index in [0.29, 0.717) is 38.8 Å². The predicted molar refractivity (Wildman–Crippen MR) is 117 cm³/mol. The van der Waals surface area contributed by atoms with Gasteiger partial charge in [-0.1, -0.05) is 49.6 Å². The van der Waals surface area contributed by atoms with Gasteiger partial charge in [-0.25, -0.2) is 8.42 Å². The molecule has 1 saturated heterocycles. The molecule has 0 bridgehead atoms. The Hall–Kier alpha value is -1.70. The molecule has 2 fully saturated rings. The van der Waals surface area contributed by atoms with Crippen molar-refractivity contribution in [3.8, 4) is 0 Å². The fourth-order valence-electron chi connectivity index (χ4n) is 4.27. The van der Waals surface area contributed by atoms with Gasteiger partial charge >= 0.3 is 0 Å². The molecule has 1 saturated carbocycles. The van der Waals surface area contributed by atoms with Gasteiger partial charge < -0.3 is 4.90 Å². The number of benzene rings is 1. The van der Waals surface area contributed by atoms with E-state index in [0.717, 1.165) is 24.9 Å². The lowest BCUT2D eigenvalue weighted by molar-refractivity contribution is -0.135. The van der Waals surface area contributed by atoms with Crippen LogP contribution >= 0.6 is 0 Å². The number of likely N-dealkylation sites (N-methyl/N-ethyl adjacent to an activating group) is 1. The zero-order valence-electron chi connectivity index (χ0n) is 17.4. The molecule has 0 atom stereocenters. The molecule has 1 heterocycles. The number of amides is 1. The molecule has 1 aromatic carbocycles. The smallest absolute Gasteiger partial charge is 0.236 e. The monoisotopic (exact) mass is 419 g/mol. The molecule has 1 aliphatic carbocycles. The third-order valence-electron chi connectivity index (χ3n) is 5.96. The second-order valence-corrected chi connectivity index (χ2v) is 9.72. The van der Waals surface area contributed by atoms with E-state index in [1.54, 1.807) is 6.08 Å². The van der Waals surface area contributed by atoms with E-state index in [9.17, 15) is 13.2 Å². The van der Waals surface area contributed by atoms with E-state index < -0.39 is 10.0 Å². The zero-order chi connectivity index (χ0) is 20.7. The molecule has 6 nitrogen and oxygen atoms in total. The molecule has 7 heteroatoms. The van der Waals surface area contributed by atoms with Crippen LogP contribution in [0.1, 0.15) is 44.6 Å². The molecule has 29 heavy (non-hydrogen) atoms. The van der Waals surface area contributed by atoms with Crippen molar-refractivity contribution >= 4 is 22.0 Å². The van der Waals surface area contributed by atoms with Crippen LogP contribution in [0.3, 0.4) is 0 Å². The van der Waals surface area contributed by atoms with E-state index in [-0.39, 0.29) is 5.91 Å². The lowest BCUT2D eigenvalue weighted by Crippen LogP contribution is -2.52. The first-order valence-corrected chi connectivity index (χ1v) is 12.2. The Kier molecular flexibility index (Phi) is 7.86. The van der Waals surface area contributed by atoms with Gasteiger partial charge in [-0.05, 0) is 31.4 Å². The maximum absolute atomic E-state index is 12.8. The number of nitrogens with zero attached hydrogens (tertiary/aromatic N) is 3. The molecule has 1 aliphatic heterocycles. The average molecular weight is 420 g/mol. The predicted octanol–water partition coefficient (Wildman–Crippen LogP) is 2.79. The average Bonchev–Trinajstić information content (AvgIpc) is 2.75. The molecule has 0 radical (unpaired) electrons. The van der Waals surface area contributed by atoms with E-state index in [2.05, 4.69) is 11.8 Å². The normalized spacial score (nSPS) is 20.2. The van der Waals surface area contributed by atoms with Crippen LogP contribution in [0.25, 0.3) is 6.08 Å². The first-order chi connectivity index (χ1) is 14.0. The molecule has 1 amide bonds. The summed E-state index contributed by atoms with van der Waals surface area (Å²) in [5.74, 6) is 0.180. The number of rotatable bonds is 7. The molecular formula is C22H33N3O3S. The maximum Gasteiger partial charge on any atom is 0.236 e.